The summed E-state index contributed by atoms with van der Waals surface area (Å²) in [5.41, 5.74) is 6.53. The molecule has 0 bridgehead atoms. The van der Waals surface area contributed by atoms with Crippen molar-refractivity contribution in [1.82, 2.24) is 10.1 Å². The Morgan fingerprint density at radius 1 is 1.26 bits per heavy atom. The third-order valence-electron chi connectivity index (χ3n) is 2.59. The molecular formula is C13H11N3O2S. The SMILES string of the molecule is COc1cccc(-c2noc(-c3ccc(N)s3)n2)c1. The van der Waals surface area contributed by atoms with Crippen LogP contribution in [0.25, 0.3) is 22.2 Å². The van der Waals surface area contributed by atoms with Crippen molar-refractivity contribution in [2.75, 3.05) is 12.8 Å². The Kier molecular flexibility index (Phi) is 2.92. The van der Waals surface area contributed by atoms with Gasteiger partial charge in [0.15, 0.2) is 0 Å². The highest BCUT2D eigenvalue weighted by Crippen LogP contribution is 2.30. The third-order valence-corrected chi connectivity index (χ3v) is 3.49. The van der Waals surface area contributed by atoms with Gasteiger partial charge in [-0.2, -0.15) is 4.98 Å². The van der Waals surface area contributed by atoms with E-state index in [1.807, 2.05) is 36.4 Å². The normalized spacial score (nSPS) is 10.6. The fourth-order valence-electron chi connectivity index (χ4n) is 1.67. The summed E-state index contributed by atoms with van der Waals surface area (Å²) in [6, 6.07) is 11.2. The molecule has 0 unspecified atom stereocenters. The number of methoxy groups -OCH3 is 1. The molecule has 0 aliphatic carbocycles. The topological polar surface area (TPSA) is 74.2 Å². The minimum atomic E-state index is 0.472. The highest BCUT2D eigenvalue weighted by atomic mass is 32.1. The third kappa shape index (κ3) is 2.30. The number of nitrogens with zero attached hydrogens (tertiary/aromatic N) is 2. The van der Waals surface area contributed by atoms with E-state index < -0.39 is 0 Å². The van der Waals surface area contributed by atoms with E-state index in [-0.39, 0.29) is 0 Å². The largest absolute Gasteiger partial charge is 0.497 e. The minimum Gasteiger partial charge on any atom is -0.497 e. The number of nitrogen functional groups attached to an aromatic ring is 1. The van der Waals surface area contributed by atoms with E-state index in [4.69, 9.17) is 15.0 Å². The smallest absolute Gasteiger partial charge is 0.268 e. The van der Waals surface area contributed by atoms with Crippen LogP contribution in [0.15, 0.2) is 40.9 Å². The zero-order valence-electron chi connectivity index (χ0n) is 10.2. The lowest BCUT2D eigenvalue weighted by Gasteiger charge is -1.99. The van der Waals surface area contributed by atoms with Gasteiger partial charge in [0.1, 0.15) is 5.75 Å². The van der Waals surface area contributed by atoms with Crippen LogP contribution >= 0.6 is 11.3 Å². The Balaban J connectivity index is 1.96. The van der Waals surface area contributed by atoms with E-state index in [1.54, 1.807) is 7.11 Å². The summed E-state index contributed by atoms with van der Waals surface area (Å²) in [5.74, 6) is 1.75. The molecular weight excluding hydrogens is 262 g/mol. The zero-order valence-corrected chi connectivity index (χ0v) is 11.0. The molecule has 0 radical (unpaired) electrons. The van der Waals surface area contributed by atoms with Crippen LogP contribution in [-0.4, -0.2) is 17.3 Å². The van der Waals surface area contributed by atoms with E-state index >= 15 is 0 Å². The lowest BCUT2D eigenvalue weighted by atomic mass is 10.2. The Morgan fingerprint density at radius 2 is 2.16 bits per heavy atom. The summed E-state index contributed by atoms with van der Waals surface area (Å²) in [6.07, 6.45) is 0. The maximum Gasteiger partial charge on any atom is 0.268 e. The first-order valence-corrected chi connectivity index (χ1v) is 6.42. The Morgan fingerprint density at radius 3 is 2.89 bits per heavy atom. The summed E-state index contributed by atoms with van der Waals surface area (Å²) in [5, 5.41) is 4.69. The number of hydrogen-bond acceptors (Lipinski definition) is 6. The molecule has 2 heterocycles. The summed E-state index contributed by atoms with van der Waals surface area (Å²) in [7, 11) is 1.62. The molecule has 0 amide bonds. The highest BCUT2D eigenvalue weighted by molar-refractivity contribution is 7.19. The van der Waals surface area contributed by atoms with Crippen molar-refractivity contribution in [2.45, 2.75) is 0 Å². The molecule has 96 valence electrons. The summed E-state index contributed by atoms with van der Waals surface area (Å²) in [4.78, 5) is 5.22. The van der Waals surface area contributed by atoms with Gasteiger partial charge in [0, 0.05) is 5.56 Å². The van der Waals surface area contributed by atoms with Gasteiger partial charge in [-0.15, -0.1) is 11.3 Å². The predicted octanol–water partition coefficient (Wildman–Crippen LogP) is 3.06. The van der Waals surface area contributed by atoms with Gasteiger partial charge in [0.2, 0.25) is 5.82 Å². The van der Waals surface area contributed by atoms with Crippen LogP contribution < -0.4 is 10.5 Å². The summed E-state index contributed by atoms with van der Waals surface area (Å²) >= 11 is 1.41. The van der Waals surface area contributed by atoms with Crippen molar-refractivity contribution in [3.8, 4) is 27.9 Å². The predicted molar refractivity (Wildman–Crippen MR) is 74.0 cm³/mol. The van der Waals surface area contributed by atoms with Crippen LogP contribution in [-0.2, 0) is 0 Å². The molecule has 0 aliphatic heterocycles. The van der Waals surface area contributed by atoms with Crippen molar-refractivity contribution in [2.24, 2.45) is 0 Å². The molecule has 5 nitrogen and oxygen atoms in total. The van der Waals surface area contributed by atoms with Crippen molar-refractivity contribution < 1.29 is 9.26 Å². The number of benzene rings is 1. The van der Waals surface area contributed by atoms with E-state index in [0.717, 1.165) is 21.2 Å². The number of aromatic nitrogens is 2. The van der Waals surface area contributed by atoms with Crippen LogP contribution in [0.2, 0.25) is 0 Å². The standard InChI is InChI=1S/C13H11N3O2S/c1-17-9-4-2-3-8(7-9)12-15-13(18-16-12)10-5-6-11(14)19-10/h2-7H,14H2,1H3. The zero-order chi connectivity index (χ0) is 13.2. The van der Waals surface area contributed by atoms with E-state index in [1.165, 1.54) is 11.3 Å². The van der Waals surface area contributed by atoms with E-state index in [2.05, 4.69) is 10.1 Å². The second-order valence-electron chi connectivity index (χ2n) is 3.86. The minimum absolute atomic E-state index is 0.472. The van der Waals surface area contributed by atoms with Crippen LogP contribution in [0.5, 0.6) is 5.75 Å². The number of nitrogens with two attached hydrogens (primary N) is 1. The molecule has 19 heavy (non-hydrogen) atoms. The van der Waals surface area contributed by atoms with E-state index in [9.17, 15) is 0 Å². The summed E-state index contributed by atoms with van der Waals surface area (Å²) < 4.78 is 10.4. The molecule has 0 aliphatic rings. The monoisotopic (exact) mass is 273 g/mol. The molecule has 0 spiro atoms. The molecule has 3 rings (SSSR count). The lowest BCUT2D eigenvalue weighted by Crippen LogP contribution is -1.85. The Bertz CT molecular complexity index is 705. The van der Waals surface area contributed by atoms with Crippen LogP contribution in [0.1, 0.15) is 0 Å². The fraction of sp³-hybridized carbons (Fsp3) is 0.0769. The molecule has 0 saturated heterocycles. The Hall–Kier alpha value is -2.34. The van der Waals surface area contributed by atoms with Crippen molar-refractivity contribution in [3.05, 3.63) is 36.4 Å². The molecule has 0 atom stereocenters. The molecule has 2 aromatic heterocycles. The fourth-order valence-corrected chi connectivity index (χ4v) is 2.37. The van der Waals surface area contributed by atoms with Gasteiger partial charge >= 0.3 is 0 Å². The van der Waals surface area contributed by atoms with E-state index in [0.29, 0.717) is 11.7 Å². The highest BCUT2D eigenvalue weighted by Gasteiger charge is 2.12. The number of thiophene rings is 1. The average molecular weight is 273 g/mol. The van der Waals surface area contributed by atoms with Gasteiger partial charge in [0.05, 0.1) is 17.0 Å². The first kappa shape index (κ1) is 11.7. The Labute approximate surface area is 113 Å². The second kappa shape index (κ2) is 4.74. The van der Waals surface area contributed by atoms with Crippen molar-refractivity contribution in [1.29, 1.82) is 0 Å². The van der Waals surface area contributed by atoms with Crippen LogP contribution in [0, 0.1) is 0 Å². The van der Waals surface area contributed by atoms with Crippen LogP contribution in [0.3, 0.4) is 0 Å². The van der Waals surface area contributed by atoms with Gasteiger partial charge in [-0.05, 0) is 24.3 Å². The summed E-state index contributed by atoms with van der Waals surface area (Å²) in [6.45, 7) is 0. The number of ether oxygens (including phenoxy) is 1. The van der Waals surface area contributed by atoms with Crippen molar-refractivity contribution >= 4 is 16.3 Å². The molecule has 6 heteroatoms. The average Bonchev–Trinajstić information content (AvgIpc) is 3.07. The number of rotatable bonds is 3. The maximum atomic E-state index is 5.68. The molecule has 3 aromatic rings. The van der Waals surface area contributed by atoms with Gasteiger partial charge in [-0.25, -0.2) is 0 Å². The molecule has 0 fully saturated rings. The van der Waals surface area contributed by atoms with Crippen LogP contribution in [0.4, 0.5) is 5.00 Å². The molecule has 1 aromatic carbocycles. The molecule has 0 saturated carbocycles. The first-order valence-electron chi connectivity index (χ1n) is 5.60. The van der Waals surface area contributed by atoms with Gasteiger partial charge < -0.3 is 15.0 Å². The molecule has 2 N–H and O–H groups in total. The lowest BCUT2D eigenvalue weighted by molar-refractivity contribution is 0.414. The van der Waals surface area contributed by atoms with Gasteiger partial charge in [-0.1, -0.05) is 17.3 Å². The van der Waals surface area contributed by atoms with Gasteiger partial charge in [0.25, 0.3) is 5.89 Å². The quantitative estimate of drug-likeness (QED) is 0.793. The number of anilines is 1. The van der Waals surface area contributed by atoms with Gasteiger partial charge in [-0.3, -0.25) is 0 Å². The van der Waals surface area contributed by atoms with Crippen molar-refractivity contribution in [3.63, 3.8) is 0 Å². The second-order valence-corrected chi connectivity index (χ2v) is 4.97. The maximum absolute atomic E-state index is 5.68. The number of hydrogen-bond donors (Lipinski definition) is 1. The first-order chi connectivity index (χ1) is 9.26.